The van der Waals surface area contributed by atoms with Crippen molar-refractivity contribution in [2.24, 2.45) is 0 Å². The van der Waals surface area contributed by atoms with Gasteiger partial charge in [-0.1, -0.05) is 60.7 Å². The van der Waals surface area contributed by atoms with Gasteiger partial charge in [-0.05, 0) is 24.1 Å². The smallest absolute Gasteiger partial charge is 1.00 e. The van der Waals surface area contributed by atoms with Crippen LogP contribution in [0.15, 0.2) is 78.9 Å². The molecule has 0 unspecified atom stereocenters. The van der Waals surface area contributed by atoms with E-state index in [0.717, 1.165) is 24.5 Å². The zero-order valence-corrected chi connectivity index (χ0v) is 22.0. The predicted octanol–water partition coefficient (Wildman–Crippen LogP) is -3.21. The Kier molecular flexibility index (Phi) is 16.1. The Hall–Kier alpha value is -1.83. The van der Waals surface area contributed by atoms with E-state index in [9.17, 15) is 0 Å². The van der Waals surface area contributed by atoms with Crippen LogP contribution in [0.2, 0.25) is 0 Å². The summed E-state index contributed by atoms with van der Waals surface area (Å²) in [4.78, 5) is 5.56. The van der Waals surface area contributed by atoms with E-state index in [1.165, 1.54) is 11.1 Å². The van der Waals surface area contributed by atoms with E-state index in [1.807, 2.05) is 49.4 Å². The molecule has 0 aliphatic heterocycles. The average molecular weight is 516 g/mol. The molecule has 4 nitrogen and oxygen atoms in total. The molecule has 0 saturated heterocycles. The number of halogens is 3. The molecule has 0 atom stereocenters. The number of hydrogen-bond donors (Lipinski definition) is 0. The monoisotopic (exact) mass is 513 g/mol. The van der Waals surface area contributed by atoms with Gasteiger partial charge in [0.1, 0.15) is 0 Å². The number of benzene rings is 3. The minimum absolute atomic E-state index is 0. The van der Waals surface area contributed by atoms with Crippen LogP contribution in [0.3, 0.4) is 0 Å². The molecule has 154 valence electrons. The third-order valence-electron chi connectivity index (χ3n) is 4.13. The third-order valence-corrected chi connectivity index (χ3v) is 4.13. The Morgan fingerprint density at radius 2 is 1.30 bits per heavy atom. The topological polar surface area (TPSA) is 40.6 Å². The van der Waals surface area contributed by atoms with Gasteiger partial charge in [0.15, 0.2) is 10.7 Å². The molecule has 0 aromatic heterocycles. The second-order valence-corrected chi connectivity index (χ2v) is 6.01. The Morgan fingerprint density at radius 1 is 0.800 bits per heavy atom. The van der Waals surface area contributed by atoms with Crippen molar-refractivity contribution in [2.45, 2.75) is 20.0 Å². The Labute approximate surface area is 209 Å². The molecule has 0 heterocycles. The molecule has 3 rings (SSSR count). The Morgan fingerprint density at radius 3 is 1.73 bits per heavy atom. The summed E-state index contributed by atoms with van der Waals surface area (Å²) in [6, 6.07) is 26.2. The van der Waals surface area contributed by atoms with Gasteiger partial charge in [-0.15, -0.1) is 0 Å². The first-order valence-electron chi connectivity index (χ1n) is 8.75. The van der Waals surface area contributed by atoms with Crippen molar-refractivity contribution < 1.29 is 61.4 Å². The van der Waals surface area contributed by atoms with Gasteiger partial charge in [0.2, 0.25) is 5.39 Å². The molecule has 0 N–H and O–H groups in total. The van der Waals surface area contributed by atoms with E-state index in [1.54, 1.807) is 12.1 Å². The maximum atomic E-state index is 9.09. The standard InChI is InChI=1S/C22H22N3O.3ClH.Zn/c1-2-26-22-15-20(24-23)13-14-21(22)25(16-18-9-5-3-6-10-18)17-19-11-7-4-8-12-19;;;;/h3-15H,2,16-17H2,1H3;3*1H;/q+1;;;;+2/p-3. The molecular weight excluding hydrogens is 494 g/mol. The van der Waals surface area contributed by atoms with Crippen molar-refractivity contribution in [3.63, 3.8) is 0 Å². The summed E-state index contributed by atoms with van der Waals surface area (Å²) in [6.07, 6.45) is 0. The predicted molar refractivity (Wildman–Crippen MR) is 105 cm³/mol. The van der Waals surface area contributed by atoms with Gasteiger partial charge >= 0.3 is 25.2 Å². The first-order chi connectivity index (χ1) is 12.8. The molecule has 0 amide bonds. The second-order valence-electron chi connectivity index (χ2n) is 6.01. The summed E-state index contributed by atoms with van der Waals surface area (Å²) in [5.41, 5.74) is 3.91. The van der Waals surface area contributed by atoms with Gasteiger partial charge in [0.05, 0.1) is 18.4 Å². The van der Waals surface area contributed by atoms with Crippen molar-refractivity contribution in [3.8, 4) is 5.75 Å². The normalized spacial score (nSPS) is 8.80. The molecule has 8 heteroatoms. The number of hydrogen-bond acceptors (Lipinski definition) is 3. The van der Waals surface area contributed by atoms with Crippen LogP contribution in [0.4, 0.5) is 11.4 Å². The van der Waals surface area contributed by atoms with E-state index in [2.05, 4.69) is 34.1 Å². The van der Waals surface area contributed by atoms with E-state index < -0.39 is 0 Å². The molecule has 0 spiro atoms. The molecule has 3 aromatic carbocycles. The fraction of sp³-hybridized carbons (Fsp3) is 0.182. The van der Waals surface area contributed by atoms with Gasteiger partial charge in [0.25, 0.3) is 0 Å². The first-order valence-corrected chi connectivity index (χ1v) is 8.75. The molecule has 0 radical (unpaired) electrons. The van der Waals surface area contributed by atoms with Crippen LogP contribution < -0.4 is 46.9 Å². The minimum atomic E-state index is 0. The van der Waals surface area contributed by atoms with Crippen LogP contribution in [0.25, 0.3) is 4.98 Å². The maximum Gasteiger partial charge on any atom is 2.00 e. The zero-order valence-electron chi connectivity index (χ0n) is 16.7. The maximum absolute atomic E-state index is 9.09. The first kappa shape index (κ1) is 30.4. The quantitative estimate of drug-likeness (QED) is 0.246. The third kappa shape index (κ3) is 8.50. The molecule has 0 aliphatic rings. The van der Waals surface area contributed by atoms with Crippen LogP contribution in [0.5, 0.6) is 5.75 Å². The Balaban J connectivity index is 0. The van der Waals surface area contributed by atoms with Gasteiger partial charge in [-0.3, -0.25) is 0 Å². The van der Waals surface area contributed by atoms with E-state index >= 15 is 0 Å². The summed E-state index contributed by atoms with van der Waals surface area (Å²) in [7, 11) is 0. The number of nitrogens with zero attached hydrogens (tertiary/aromatic N) is 3. The number of rotatable bonds is 7. The summed E-state index contributed by atoms with van der Waals surface area (Å²) in [5, 5.41) is 9.09. The number of ether oxygens (including phenoxy) is 1. The fourth-order valence-corrected chi connectivity index (χ4v) is 2.93. The SMILES string of the molecule is CCOc1cc([N+]#N)ccc1N(Cc1ccccc1)Cc1ccccc1.[Cl-].[Cl-].[Cl-].[Zn+2]. The Bertz CT molecular complexity index is 852. The van der Waals surface area contributed by atoms with E-state index in [0.29, 0.717) is 12.3 Å². The molecule has 0 bridgehead atoms. The summed E-state index contributed by atoms with van der Waals surface area (Å²) < 4.78 is 5.82. The van der Waals surface area contributed by atoms with Crippen molar-refractivity contribution in [1.29, 1.82) is 5.39 Å². The zero-order chi connectivity index (χ0) is 18.2. The molecule has 30 heavy (non-hydrogen) atoms. The summed E-state index contributed by atoms with van der Waals surface area (Å²) >= 11 is 0. The van der Waals surface area contributed by atoms with Crippen LogP contribution in [0, 0.1) is 5.39 Å². The molecular formula is C22H22Cl3N3OZn. The average Bonchev–Trinajstić information content (AvgIpc) is 2.69. The molecule has 0 fully saturated rings. The van der Waals surface area contributed by atoms with Crippen molar-refractivity contribution in [2.75, 3.05) is 11.5 Å². The van der Waals surface area contributed by atoms with Crippen LogP contribution in [0.1, 0.15) is 18.1 Å². The summed E-state index contributed by atoms with van der Waals surface area (Å²) in [6.45, 7) is 4.01. The van der Waals surface area contributed by atoms with Crippen molar-refractivity contribution in [1.82, 2.24) is 0 Å². The summed E-state index contributed by atoms with van der Waals surface area (Å²) in [5.74, 6) is 0.717. The molecule has 0 aliphatic carbocycles. The number of diazo groups is 1. The van der Waals surface area contributed by atoms with Gasteiger partial charge in [0, 0.05) is 19.2 Å². The second kappa shape index (κ2) is 15.9. The molecule has 3 aromatic rings. The fourth-order valence-electron chi connectivity index (χ4n) is 2.93. The van der Waals surface area contributed by atoms with E-state index in [4.69, 9.17) is 10.1 Å². The van der Waals surface area contributed by atoms with Crippen molar-refractivity contribution in [3.05, 3.63) is 95.0 Å². The van der Waals surface area contributed by atoms with Crippen LogP contribution in [-0.4, -0.2) is 6.61 Å². The van der Waals surface area contributed by atoms with Gasteiger partial charge in [-0.25, -0.2) is 0 Å². The van der Waals surface area contributed by atoms with Crippen LogP contribution in [-0.2, 0) is 32.6 Å². The molecule has 0 saturated carbocycles. The van der Waals surface area contributed by atoms with E-state index in [-0.39, 0.29) is 56.7 Å². The van der Waals surface area contributed by atoms with Crippen molar-refractivity contribution >= 4 is 11.4 Å². The minimum Gasteiger partial charge on any atom is -1.00 e. The van der Waals surface area contributed by atoms with Gasteiger partial charge < -0.3 is 46.9 Å². The van der Waals surface area contributed by atoms with Crippen LogP contribution >= 0.6 is 0 Å². The van der Waals surface area contributed by atoms with Gasteiger partial charge in [-0.2, -0.15) is 0 Å². The number of anilines is 1. The largest absolute Gasteiger partial charge is 2.00 e.